The summed E-state index contributed by atoms with van der Waals surface area (Å²) < 4.78 is 35.5. The molecule has 0 bridgehead atoms. The van der Waals surface area contributed by atoms with Gasteiger partial charge in [0.1, 0.15) is 16.4 Å². The first kappa shape index (κ1) is 17.3. The van der Waals surface area contributed by atoms with Gasteiger partial charge in [-0.3, -0.25) is 4.79 Å². The van der Waals surface area contributed by atoms with Crippen molar-refractivity contribution in [1.82, 2.24) is 0 Å². The number of benzene rings is 2. The SMILES string of the molecule is COc1cc(S(=O)(=O)Oc2ccc3c(c2)CCC3)ccc1NC(C)=O. The lowest BCUT2D eigenvalue weighted by atomic mass is 10.1. The van der Waals surface area contributed by atoms with Crippen LogP contribution in [0.1, 0.15) is 24.5 Å². The summed E-state index contributed by atoms with van der Waals surface area (Å²) in [6.45, 7) is 1.36. The van der Waals surface area contributed by atoms with Gasteiger partial charge < -0.3 is 14.2 Å². The zero-order chi connectivity index (χ0) is 18.0. The van der Waals surface area contributed by atoms with E-state index in [2.05, 4.69) is 5.32 Å². The molecule has 0 radical (unpaired) electrons. The first-order valence-corrected chi connectivity index (χ1v) is 9.32. The molecule has 0 unspecified atom stereocenters. The van der Waals surface area contributed by atoms with Gasteiger partial charge >= 0.3 is 10.1 Å². The van der Waals surface area contributed by atoms with E-state index in [4.69, 9.17) is 8.92 Å². The fourth-order valence-electron chi connectivity index (χ4n) is 2.89. The molecule has 3 rings (SSSR count). The van der Waals surface area contributed by atoms with Gasteiger partial charge in [-0.15, -0.1) is 0 Å². The number of carbonyl (C=O) groups excluding carboxylic acids is 1. The van der Waals surface area contributed by atoms with E-state index in [1.165, 1.54) is 37.8 Å². The molecule has 0 aliphatic heterocycles. The lowest BCUT2D eigenvalue weighted by Crippen LogP contribution is -2.12. The number of fused-ring (bicyclic) bond motifs is 1. The average molecular weight is 361 g/mol. The Labute approximate surface area is 146 Å². The van der Waals surface area contributed by atoms with Crippen molar-refractivity contribution >= 4 is 21.7 Å². The highest BCUT2D eigenvalue weighted by atomic mass is 32.2. The van der Waals surface area contributed by atoms with Crippen LogP contribution in [0.25, 0.3) is 0 Å². The molecule has 25 heavy (non-hydrogen) atoms. The molecule has 0 fully saturated rings. The Morgan fingerprint density at radius 2 is 1.84 bits per heavy atom. The van der Waals surface area contributed by atoms with Crippen molar-refractivity contribution in [3.63, 3.8) is 0 Å². The van der Waals surface area contributed by atoms with Crippen molar-refractivity contribution in [1.29, 1.82) is 0 Å². The minimum absolute atomic E-state index is 0.0426. The molecule has 0 aromatic heterocycles. The smallest absolute Gasteiger partial charge is 0.339 e. The number of hydrogen-bond donors (Lipinski definition) is 1. The number of carbonyl (C=O) groups is 1. The number of aryl methyl sites for hydroxylation is 2. The molecule has 7 heteroatoms. The molecule has 0 saturated carbocycles. The lowest BCUT2D eigenvalue weighted by Gasteiger charge is -2.12. The predicted octanol–water partition coefficient (Wildman–Crippen LogP) is 2.91. The lowest BCUT2D eigenvalue weighted by molar-refractivity contribution is -0.114. The zero-order valence-electron chi connectivity index (χ0n) is 14.0. The monoisotopic (exact) mass is 361 g/mol. The summed E-state index contributed by atoms with van der Waals surface area (Å²) in [7, 11) is -2.60. The van der Waals surface area contributed by atoms with E-state index in [1.54, 1.807) is 12.1 Å². The summed E-state index contributed by atoms with van der Waals surface area (Å²) in [6, 6.07) is 9.53. The van der Waals surface area contributed by atoms with E-state index in [1.807, 2.05) is 6.07 Å². The Kier molecular flexibility index (Phi) is 4.67. The summed E-state index contributed by atoms with van der Waals surface area (Å²) >= 11 is 0. The number of nitrogens with one attached hydrogen (secondary N) is 1. The van der Waals surface area contributed by atoms with E-state index in [9.17, 15) is 13.2 Å². The molecular weight excluding hydrogens is 342 g/mol. The highest BCUT2D eigenvalue weighted by molar-refractivity contribution is 7.87. The minimum Gasteiger partial charge on any atom is -0.495 e. The van der Waals surface area contributed by atoms with Crippen LogP contribution in [0.2, 0.25) is 0 Å². The van der Waals surface area contributed by atoms with E-state index in [-0.39, 0.29) is 16.6 Å². The van der Waals surface area contributed by atoms with Gasteiger partial charge in [-0.25, -0.2) is 0 Å². The van der Waals surface area contributed by atoms with Crippen LogP contribution in [0.4, 0.5) is 5.69 Å². The van der Waals surface area contributed by atoms with Crippen LogP contribution >= 0.6 is 0 Å². The second-order valence-electron chi connectivity index (χ2n) is 5.86. The fraction of sp³-hybridized carbons (Fsp3) is 0.278. The zero-order valence-corrected chi connectivity index (χ0v) is 14.9. The third-order valence-corrected chi connectivity index (χ3v) is 5.29. The van der Waals surface area contributed by atoms with Gasteiger partial charge in [0.05, 0.1) is 12.8 Å². The Bertz CT molecular complexity index is 921. The van der Waals surface area contributed by atoms with Gasteiger partial charge in [-0.2, -0.15) is 8.42 Å². The molecule has 2 aromatic carbocycles. The highest BCUT2D eigenvalue weighted by Gasteiger charge is 2.20. The Balaban J connectivity index is 1.88. The highest BCUT2D eigenvalue weighted by Crippen LogP contribution is 2.31. The second kappa shape index (κ2) is 6.76. The van der Waals surface area contributed by atoms with Crippen LogP contribution in [0.3, 0.4) is 0 Å². The van der Waals surface area contributed by atoms with Gasteiger partial charge in [0.2, 0.25) is 5.91 Å². The maximum Gasteiger partial charge on any atom is 0.339 e. The molecule has 1 amide bonds. The van der Waals surface area contributed by atoms with Crippen molar-refractivity contribution in [2.75, 3.05) is 12.4 Å². The van der Waals surface area contributed by atoms with Gasteiger partial charge in [-0.1, -0.05) is 6.07 Å². The van der Waals surface area contributed by atoms with Crippen LogP contribution in [0, 0.1) is 0 Å². The number of anilines is 1. The third kappa shape index (κ3) is 3.76. The maximum atomic E-state index is 12.5. The van der Waals surface area contributed by atoms with E-state index < -0.39 is 10.1 Å². The topological polar surface area (TPSA) is 81.7 Å². The van der Waals surface area contributed by atoms with E-state index >= 15 is 0 Å². The van der Waals surface area contributed by atoms with Crippen molar-refractivity contribution < 1.29 is 22.1 Å². The van der Waals surface area contributed by atoms with Gasteiger partial charge in [-0.05, 0) is 54.7 Å². The summed E-state index contributed by atoms with van der Waals surface area (Å²) in [4.78, 5) is 11.1. The molecule has 1 aliphatic rings. The number of methoxy groups -OCH3 is 1. The predicted molar refractivity (Wildman–Crippen MR) is 93.6 cm³/mol. The third-order valence-electron chi connectivity index (χ3n) is 4.05. The standard InChI is InChI=1S/C18H19NO5S/c1-12(20)19-17-9-8-16(11-18(17)23-2)25(21,22)24-15-7-6-13-4-3-5-14(13)10-15/h6-11H,3-5H2,1-2H3,(H,19,20). The summed E-state index contributed by atoms with van der Waals surface area (Å²) in [5.41, 5.74) is 2.77. The number of hydrogen-bond acceptors (Lipinski definition) is 5. The summed E-state index contributed by atoms with van der Waals surface area (Å²) in [6.07, 6.45) is 3.03. The molecule has 6 nitrogen and oxygen atoms in total. The largest absolute Gasteiger partial charge is 0.495 e. The molecular formula is C18H19NO5S. The van der Waals surface area contributed by atoms with Gasteiger partial charge in [0, 0.05) is 13.0 Å². The summed E-state index contributed by atoms with van der Waals surface area (Å²) in [5.74, 6) is 0.266. The molecule has 2 aromatic rings. The molecule has 0 spiro atoms. The quantitative estimate of drug-likeness (QED) is 0.828. The number of ether oxygens (including phenoxy) is 1. The normalized spacial score (nSPS) is 13.2. The van der Waals surface area contributed by atoms with Crippen LogP contribution in [-0.2, 0) is 27.8 Å². The van der Waals surface area contributed by atoms with Crippen molar-refractivity contribution in [3.05, 3.63) is 47.5 Å². The summed E-state index contributed by atoms with van der Waals surface area (Å²) in [5, 5.41) is 2.58. The van der Waals surface area contributed by atoms with Crippen molar-refractivity contribution in [2.45, 2.75) is 31.1 Å². The maximum absolute atomic E-state index is 12.5. The molecule has 1 N–H and O–H groups in total. The van der Waals surface area contributed by atoms with Crippen molar-refractivity contribution in [2.24, 2.45) is 0 Å². The molecule has 1 aliphatic carbocycles. The Hall–Kier alpha value is -2.54. The van der Waals surface area contributed by atoms with Gasteiger partial charge in [0.25, 0.3) is 0 Å². The molecule has 0 atom stereocenters. The van der Waals surface area contributed by atoms with Crippen molar-refractivity contribution in [3.8, 4) is 11.5 Å². The average Bonchev–Trinajstić information content (AvgIpc) is 3.01. The molecule has 132 valence electrons. The first-order chi connectivity index (χ1) is 11.9. The van der Waals surface area contributed by atoms with Crippen LogP contribution in [-0.4, -0.2) is 21.4 Å². The van der Waals surface area contributed by atoms with Gasteiger partial charge in [0.15, 0.2) is 0 Å². The van der Waals surface area contributed by atoms with Crippen LogP contribution in [0.15, 0.2) is 41.3 Å². The minimum atomic E-state index is -4.00. The Morgan fingerprint density at radius 3 is 2.56 bits per heavy atom. The number of amides is 1. The molecule has 0 saturated heterocycles. The first-order valence-electron chi connectivity index (χ1n) is 7.91. The number of rotatable bonds is 5. The van der Waals surface area contributed by atoms with Crippen LogP contribution < -0.4 is 14.2 Å². The second-order valence-corrected chi connectivity index (χ2v) is 7.41. The van der Waals surface area contributed by atoms with Crippen LogP contribution in [0.5, 0.6) is 11.5 Å². The Morgan fingerprint density at radius 1 is 1.08 bits per heavy atom. The van der Waals surface area contributed by atoms with E-state index in [0.29, 0.717) is 11.4 Å². The molecule has 0 heterocycles. The van der Waals surface area contributed by atoms with E-state index in [0.717, 1.165) is 24.8 Å². The fourth-order valence-corrected chi connectivity index (χ4v) is 3.83.